The van der Waals surface area contributed by atoms with E-state index in [2.05, 4.69) is 10.1 Å². The van der Waals surface area contributed by atoms with Gasteiger partial charge in [0.1, 0.15) is 28.7 Å². The Kier molecular flexibility index (Phi) is 5.67. The van der Waals surface area contributed by atoms with Gasteiger partial charge in [-0.15, -0.1) is 0 Å². The molecule has 0 fully saturated rings. The lowest BCUT2D eigenvalue weighted by molar-refractivity contribution is -0.118. The lowest BCUT2D eigenvalue weighted by atomic mass is 10.1. The van der Waals surface area contributed by atoms with Gasteiger partial charge in [-0.25, -0.2) is 4.79 Å². The Morgan fingerprint density at radius 1 is 1.36 bits per heavy atom. The van der Waals surface area contributed by atoms with Gasteiger partial charge in [0.05, 0.1) is 7.11 Å². The van der Waals surface area contributed by atoms with Gasteiger partial charge in [-0.05, 0) is 37.6 Å². The number of methoxy groups -OCH3 is 1. The highest BCUT2D eigenvalue weighted by Gasteiger charge is 2.25. The van der Waals surface area contributed by atoms with E-state index in [-0.39, 0.29) is 29.4 Å². The fourth-order valence-electron chi connectivity index (χ4n) is 2.11. The number of anilines is 1. The van der Waals surface area contributed by atoms with E-state index in [4.69, 9.17) is 20.8 Å². The van der Waals surface area contributed by atoms with Crippen molar-refractivity contribution < 1.29 is 23.5 Å². The first-order chi connectivity index (χ1) is 11.9. The average molecular weight is 363 g/mol. The van der Waals surface area contributed by atoms with Crippen molar-refractivity contribution >= 4 is 29.4 Å². The molecule has 25 heavy (non-hydrogen) atoms. The topological polar surface area (TPSA) is 102 Å². The molecule has 1 aromatic carbocycles. The van der Waals surface area contributed by atoms with Crippen LogP contribution >= 0.6 is 11.6 Å². The van der Waals surface area contributed by atoms with E-state index in [0.29, 0.717) is 10.8 Å². The van der Waals surface area contributed by atoms with Crippen molar-refractivity contribution in [1.82, 2.24) is 0 Å². The highest BCUT2D eigenvalue weighted by atomic mass is 35.5. The maximum absolute atomic E-state index is 12.0. The van der Waals surface area contributed by atoms with Crippen molar-refractivity contribution in [1.29, 1.82) is 5.26 Å². The van der Waals surface area contributed by atoms with Gasteiger partial charge in [-0.3, -0.25) is 10.1 Å². The second kappa shape index (κ2) is 7.73. The summed E-state index contributed by atoms with van der Waals surface area (Å²) in [5, 5.41) is 12.2. The maximum atomic E-state index is 12.0. The molecule has 1 heterocycles. The van der Waals surface area contributed by atoms with E-state index in [1.54, 1.807) is 18.2 Å². The number of amides is 1. The standard InChI is InChI=1S/C17H15ClN2O5/c1-9-6-11(4-5-13(9)18)24-8-14(21)20-16-12(7-19)15(10(2)25-16)17(22)23-3/h4-6H,8H2,1-3H3,(H,20,21). The molecule has 0 unspecified atom stereocenters. The Hall–Kier alpha value is -2.98. The molecule has 0 aliphatic carbocycles. The molecule has 0 bridgehead atoms. The van der Waals surface area contributed by atoms with Crippen LogP contribution in [0.5, 0.6) is 5.75 Å². The first kappa shape index (κ1) is 18.4. The molecule has 2 aromatic rings. The average Bonchev–Trinajstić information content (AvgIpc) is 2.90. The molecule has 1 N–H and O–H groups in total. The van der Waals surface area contributed by atoms with Gasteiger partial charge in [0.15, 0.2) is 6.61 Å². The fraction of sp³-hybridized carbons (Fsp3) is 0.235. The molecule has 0 saturated heterocycles. The Morgan fingerprint density at radius 2 is 2.08 bits per heavy atom. The number of ether oxygens (including phenoxy) is 2. The van der Waals surface area contributed by atoms with Crippen LogP contribution in [0.1, 0.15) is 27.2 Å². The molecule has 2 rings (SSSR count). The summed E-state index contributed by atoms with van der Waals surface area (Å²) in [7, 11) is 1.19. The zero-order valence-electron chi connectivity index (χ0n) is 13.8. The van der Waals surface area contributed by atoms with Crippen LogP contribution in [0.25, 0.3) is 0 Å². The first-order valence-electron chi connectivity index (χ1n) is 7.18. The Balaban J connectivity index is 2.09. The number of benzene rings is 1. The van der Waals surface area contributed by atoms with Crippen LogP contribution in [0.15, 0.2) is 22.6 Å². The number of nitriles is 1. The van der Waals surface area contributed by atoms with Gasteiger partial charge in [-0.2, -0.15) is 5.26 Å². The molecule has 0 aliphatic rings. The van der Waals surface area contributed by atoms with Gasteiger partial charge in [0.2, 0.25) is 5.88 Å². The smallest absolute Gasteiger partial charge is 0.342 e. The number of nitrogens with one attached hydrogen (secondary N) is 1. The highest BCUT2D eigenvalue weighted by Crippen LogP contribution is 2.27. The van der Waals surface area contributed by atoms with Crippen LogP contribution in [-0.4, -0.2) is 25.6 Å². The number of furan rings is 1. The van der Waals surface area contributed by atoms with Crippen molar-refractivity contribution in [3.63, 3.8) is 0 Å². The fourth-order valence-corrected chi connectivity index (χ4v) is 2.22. The minimum atomic E-state index is -0.716. The molecule has 1 amide bonds. The predicted octanol–water partition coefficient (Wildman–Crippen LogP) is 3.23. The number of nitrogens with zero attached hydrogens (tertiary/aromatic N) is 1. The molecule has 8 heteroatoms. The van der Waals surface area contributed by atoms with E-state index in [1.165, 1.54) is 14.0 Å². The minimum absolute atomic E-state index is 0.0189. The zero-order valence-corrected chi connectivity index (χ0v) is 14.6. The second-order valence-corrected chi connectivity index (χ2v) is 5.50. The molecule has 0 aliphatic heterocycles. The van der Waals surface area contributed by atoms with Crippen molar-refractivity contribution in [2.45, 2.75) is 13.8 Å². The molecule has 0 atom stereocenters. The predicted molar refractivity (Wildman–Crippen MR) is 89.8 cm³/mol. The molecule has 7 nitrogen and oxygen atoms in total. The molecule has 1 aromatic heterocycles. The Morgan fingerprint density at radius 3 is 2.68 bits per heavy atom. The van der Waals surface area contributed by atoms with Gasteiger partial charge < -0.3 is 13.9 Å². The van der Waals surface area contributed by atoms with Crippen LogP contribution in [0.3, 0.4) is 0 Å². The van der Waals surface area contributed by atoms with E-state index in [1.807, 2.05) is 13.0 Å². The third-order valence-corrected chi connectivity index (χ3v) is 3.76. The zero-order chi connectivity index (χ0) is 18.6. The maximum Gasteiger partial charge on any atom is 0.342 e. The SMILES string of the molecule is COC(=O)c1c(C)oc(NC(=O)COc2ccc(Cl)c(C)c2)c1C#N. The highest BCUT2D eigenvalue weighted by molar-refractivity contribution is 6.31. The number of aryl methyl sites for hydroxylation is 2. The minimum Gasteiger partial charge on any atom is -0.484 e. The summed E-state index contributed by atoms with van der Waals surface area (Å²) < 4.78 is 15.3. The van der Waals surface area contributed by atoms with Crippen LogP contribution in [0.2, 0.25) is 5.02 Å². The number of rotatable bonds is 5. The van der Waals surface area contributed by atoms with Gasteiger partial charge >= 0.3 is 5.97 Å². The van der Waals surface area contributed by atoms with E-state index < -0.39 is 11.9 Å². The molecule has 0 radical (unpaired) electrons. The molecule has 0 spiro atoms. The lowest BCUT2D eigenvalue weighted by Gasteiger charge is -2.07. The van der Waals surface area contributed by atoms with Gasteiger partial charge in [-0.1, -0.05) is 11.6 Å². The summed E-state index contributed by atoms with van der Waals surface area (Å²) in [6.07, 6.45) is 0. The van der Waals surface area contributed by atoms with Crippen molar-refractivity contribution in [2.24, 2.45) is 0 Å². The summed E-state index contributed by atoms with van der Waals surface area (Å²) in [6, 6.07) is 6.82. The Labute approximate surface area is 149 Å². The third-order valence-electron chi connectivity index (χ3n) is 3.34. The van der Waals surface area contributed by atoms with Gasteiger partial charge in [0.25, 0.3) is 5.91 Å². The van der Waals surface area contributed by atoms with E-state index >= 15 is 0 Å². The van der Waals surface area contributed by atoms with Crippen LogP contribution in [0.4, 0.5) is 5.88 Å². The normalized spacial score (nSPS) is 10.0. The van der Waals surface area contributed by atoms with Crippen LogP contribution in [-0.2, 0) is 9.53 Å². The summed E-state index contributed by atoms with van der Waals surface area (Å²) in [4.78, 5) is 23.7. The molecule has 130 valence electrons. The number of carbonyl (C=O) groups is 2. The number of esters is 1. The summed E-state index contributed by atoms with van der Waals surface area (Å²) in [6.45, 7) is 3.00. The largest absolute Gasteiger partial charge is 0.484 e. The molecule has 0 saturated carbocycles. The summed E-state index contributed by atoms with van der Waals surface area (Å²) in [5.74, 6) is -0.738. The van der Waals surface area contributed by atoms with E-state index in [9.17, 15) is 14.9 Å². The molecular formula is C17H15ClN2O5. The molecular weight excluding hydrogens is 348 g/mol. The van der Waals surface area contributed by atoms with Crippen molar-refractivity contribution in [3.05, 3.63) is 45.7 Å². The van der Waals surface area contributed by atoms with Gasteiger partial charge in [0, 0.05) is 5.02 Å². The van der Waals surface area contributed by atoms with Crippen molar-refractivity contribution in [2.75, 3.05) is 19.0 Å². The number of hydrogen-bond donors (Lipinski definition) is 1. The van der Waals surface area contributed by atoms with E-state index in [0.717, 1.165) is 5.56 Å². The quantitative estimate of drug-likeness (QED) is 0.819. The number of halogens is 1. The third kappa shape index (κ3) is 4.11. The number of hydrogen-bond acceptors (Lipinski definition) is 6. The summed E-state index contributed by atoms with van der Waals surface area (Å²) >= 11 is 5.92. The summed E-state index contributed by atoms with van der Waals surface area (Å²) in [5.41, 5.74) is 0.699. The number of carbonyl (C=O) groups excluding carboxylic acids is 2. The Bertz CT molecular complexity index is 867. The monoisotopic (exact) mass is 362 g/mol. The van der Waals surface area contributed by atoms with Crippen LogP contribution < -0.4 is 10.1 Å². The van der Waals surface area contributed by atoms with Crippen molar-refractivity contribution in [3.8, 4) is 11.8 Å². The lowest BCUT2D eigenvalue weighted by Crippen LogP contribution is -2.20. The first-order valence-corrected chi connectivity index (χ1v) is 7.55. The second-order valence-electron chi connectivity index (χ2n) is 5.09. The van der Waals surface area contributed by atoms with Crippen LogP contribution in [0, 0.1) is 25.2 Å².